The lowest BCUT2D eigenvalue weighted by molar-refractivity contribution is -0.143. The predicted molar refractivity (Wildman–Crippen MR) is 148 cm³/mol. The molecule has 1 N–H and O–H groups in total. The van der Waals surface area contributed by atoms with E-state index >= 15 is 0 Å². The molecule has 5 nitrogen and oxygen atoms in total. The molecule has 0 aliphatic heterocycles. The van der Waals surface area contributed by atoms with Gasteiger partial charge in [0.1, 0.15) is 11.8 Å². The van der Waals surface area contributed by atoms with Crippen LogP contribution < -0.4 is 10.1 Å². The number of benzene rings is 3. The maximum Gasteiger partial charge on any atom is 0.261 e. The van der Waals surface area contributed by atoms with E-state index in [4.69, 9.17) is 16.3 Å². The minimum atomic E-state index is -0.700. The number of hydrogen-bond donors (Lipinski definition) is 1. The fourth-order valence-corrected chi connectivity index (χ4v) is 5.11. The van der Waals surface area contributed by atoms with Gasteiger partial charge >= 0.3 is 0 Å². The van der Waals surface area contributed by atoms with Crippen LogP contribution in [0.15, 0.2) is 72.8 Å². The molecule has 0 bridgehead atoms. The van der Waals surface area contributed by atoms with Gasteiger partial charge in [-0.25, -0.2) is 0 Å². The van der Waals surface area contributed by atoms with Gasteiger partial charge in [-0.05, 0) is 55.5 Å². The summed E-state index contributed by atoms with van der Waals surface area (Å²) < 4.78 is 5.96. The number of rotatable bonds is 10. The standard InChI is InChI=1S/C31H35ClN2O3/c1-22-16-17-29(23(2)18-22)37-21-30(35)34(20-25-12-6-9-15-27(25)32)28(19-24-10-4-3-5-11-24)31(36)33-26-13-7-8-14-26/h3-6,9-12,15-18,26,28H,7-8,13-14,19-21H2,1-2H3,(H,33,36). The van der Waals surface area contributed by atoms with E-state index in [9.17, 15) is 9.59 Å². The first kappa shape index (κ1) is 26.7. The number of nitrogens with zero attached hydrogens (tertiary/aromatic N) is 1. The van der Waals surface area contributed by atoms with E-state index in [1.165, 1.54) is 0 Å². The van der Waals surface area contributed by atoms with Gasteiger partial charge < -0.3 is 15.0 Å². The van der Waals surface area contributed by atoms with Gasteiger partial charge in [0.15, 0.2) is 6.61 Å². The van der Waals surface area contributed by atoms with Gasteiger partial charge in [0.05, 0.1) is 0 Å². The average molecular weight is 519 g/mol. The van der Waals surface area contributed by atoms with Crippen molar-refractivity contribution in [3.05, 3.63) is 100 Å². The SMILES string of the molecule is Cc1ccc(OCC(=O)N(Cc2ccccc2Cl)C(Cc2ccccc2)C(=O)NC2CCCC2)c(C)c1. The molecule has 0 heterocycles. The molecule has 0 spiro atoms. The molecule has 1 aliphatic carbocycles. The van der Waals surface area contributed by atoms with E-state index in [0.717, 1.165) is 47.9 Å². The van der Waals surface area contributed by atoms with Crippen molar-refractivity contribution >= 4 is 23.4 Å². The molecule has 3 aromatic rings. The first-order valence-corrected chi connectivity index (χ1v) is 13.4. The predicted octanol–water partition coefficient (Wildman–Crippen LogP) is 6.03. The molecular weight excluding hydrogens is 484 g/mol. The molecule has 6 heteroatoms. The van der Waals surface area contributed by atoms with Crippen molar-refractivity contribution in [3.63, 3.8) is 0 Å². The molecule has 1 unspecified atom stereocenters. The summed E-state index contributed by atoms with van der Waals surface area (Å²) in [5, 5.41) is 3.78. The molecule has 1 saturated carbocycles. The Hall–Kier alpha value is -3.31. The van der Waals surface area contributed by atoms with Crippen molar-refractivity contribution in [2.24, 2.45) is 0 Å². The number of amides is 2. The third-order valence-electron chi connectivity index (χ3n) is 6.95. The van der Waals surface area contributed by atoms with Crippen molar-refractivity contribution in [1.82, 2.24) is 10.2 Å². The van der Waals surface area contributed by atoms with Gasteiger partial charge in [-0.15, -0.1) is 0 Å². The molecule has 1 fully saturated rings. The first-order chi connectivity index (χ1) is 17.9. The summed E-state index contributed by atoms with van der Waals surface area (Å²) >= 11 is 6.49. The first-order valence-electron chi connectivity index (χ1n) is 13.0. The van der Waals surface area contributed by atoms with Crippen LogP contribution >= 0.6 is 11.6 Å². The fraction of sp³-hybridized carbons (Fsp3) is 0.355. The third kappa shape index (κ3) is 7.36. The zero-order valence-electron chi connectivity index (χ0n) is 21.6. The van der Waals surface area contributed by atoms with E-state index in [0.29, 0.717) is 17.2 Å². The summed E-state index contributed by atoms with van der Waals surface area (Å²) in [5.74, 6) is 0.261. The van der Waals surface area contributed by atoms with Crippen LogP contribution in [0.5, 0.6) is 5.75 Å². The monoisotopic (exact) mass is 518 g/mol. The van der Waals surface area contributed by atoms with Crippen molar-refractivity contribution in [2.75, 3.05) is 6.61 Å². The molecular formula is C31H35ClN2O3. The van der Waals surface area contributed by atoms with E-state index in [-0.39, 0.29) is 31.0 Å². The van der Waals surface area contributed by atoms with Crippen LogP contribution in [0.25, 0.3) is 0 Å². The Morgan fingerprint density at radius 2 is 1.70 bits per heavy atom. The molecule has 3 aromatic carbocycles. The van der Waals surface area contributed by atoms with Crippen LogP contribution in [0.2, 0.25) is 5.02 Å². The van der Waals surface area contributed by atoms with Crippen LogP contribution in [0.4, 0.5) is 0 Å². The lowest BCUT2D eigenvalue weighted by Crippen LogP contribution is -2.53. The van der Waals surface area contributed by atoms with E-state index in [1.807, 2.05) is 80.6 Å². The lowest BCUT2D eigenvalue weighted by atomic mass is 10.0. The molecule has 4 rings (SSSR count). The number of hydrogen-bond acceptors (Lipinski definition) is 3. The highest BCUT2D eigenvalue weighted by molar-refractivity contribution is 6.31. The van der Waals surface area contributed by atoms with E-state index in [2.05, 4.69) is 5.32 Å². The molecule has 1 aliphatic rings. The highest BCUT2D eigenvalue weighted by atomic mass is 35.5. The second kappa shape index (κ2) is 12.8. The molecule has 1 atom stereocenters. The van der Waals surface area contributed by atoms with Crippen molar-refractivity contribution in [2.45, 2.75) is 64.6 Å². The number of aryl methyl sites for hydroxylation is 2. The third-order valence-corrected chi connectivity index (χ3v) is 7.32. The van der Waals surface area contributed by atoms with Crippen LogP contribution in [-0.4, -0.2) is 35.4 Å². The summed E-state index contributed by atoms with van der Waals surface area (Å²) in [6.45, 7) is 4.02. The quantitative estimate of drug-likeness (QED) is 0.356. The number of halogens is 1. The normalized spacial score (nSPS) is 14.2. The zero-order chi connectivity index (χ0) is 26.2. The number of nitrogens with one attached hydrogen (secondary N) is 1. The number of carbonyl (C=O) groups is 2. The highest BCUT2D eigenvalue weighted by Gasteiger charge is 2.32. The zero-order valence-corrected chi connectivity index (χ0v) is 22.3. The second-order valence-corrected chi connectivity index (χ2v) is 10.3. The largest absolute Gasteiger partial charge is 0.483 e. The summed E-state index contributed by atoms with van der Waals surface area (Å²) in [6.07, 6.45) is 4.57. The maximum atomic E-state index is 13.8. The molecule has 0 aromatic heterocycles. The Bertz CT molecular complexity index is 1210. The minimum Gasteiger partial charge on any atom is -0.483 e. The lowest BCUT2D eigenvalue weighted by Gasteiger charge is -2.32. The number of carbonyl (C=O) groups excluding carboxylic acids is 2. The Morgan fingerprint density at radius 1 is 1.00 bits per heavy atom. The van der Waals surface area contributed by atoms with Gasteiger partial charge in [0.25, 0.3) is 5.91 Å². The molecule has 2 amide bonds. The Morgan fingerprint density at radius 3 is 2.41 bits per heavy atom. The van der Waals surface area contributed by atoms with Crippen LogP contribution in [-0.2, 0) is 22.6 Å². The molecule has 37 heavy (non-hydrogen) atoms. The van der Waals surface area contributed by atoms with E-state index < -0.39 is 6.04 Å². The van der Waals surface area contributed by atoms with Crippen molar-refractivity contribution < 1.29 is 14.3 Å². The summed E-state index contributed by atoms with van der Waals surface area (Å²) in [7, 11) is 0. The molecule has 0 saturated heterocycles. The summed E-state index contributed by atoms with van der Waals surface area (Å²) in [6, 6.07) is 22.6. The second-order valence-electron chi connectivity index (χ2n) is 9.87. The molecule has 0 radical (unpaired) electrons. The Labute approximate surface area is 224 Å². The topological polar surface area (TPSA) is 58.6 Å². The average Bonchev–Trinajstić information content (AvgIpc) is 3.40. The number of ether oxygens (including phenoxy) is 1. The Kier molecular flexibility index (Phi) is 9.24. The van der Waals surface area contributed by atoms with Gasteiger partial charge in [0.2, 0.25) is 5.91 Å². The molecule has 194 valence electrons. The van der Waals surface area contributed by atoms with Gasteiger partial charge in [0, 0.05) is 24.0 Å². The van der Waals surface area contributed by atoms with Gasteiger partial charge in [-0.1, -0.05) is 90.7 Å². The van der Waals surface area contributed by atoms with Crippen LogP contribution in [0.3, 0.4) is 0 Å². The Balaban J connectivity index is 1.63. The van der Waals surface area contributed by atoms with E-state index in [1.54, 1.807) is 11.0 Å². The maximum absolute atomic E-state index is 13.8. The fourth-order valence-electron chi connectivity index (χ4n) is 4.92. The smallest absolute Gasteiger partial charge is 0.261 e. The van der Waals surface area contributed by atoms with Crippen molar-refractivity contribution in [3.8, 4) is 5.75 Å². The van der Waals surface area contributed by atoms with Crippen LogP contribution in [0.1, 0.15) is 47.9 Å². The minimum absolute atomic E-state index is 0.136. The summed E-state index contributed by atoms with van der Waals surface area (Å²) in [4.78, 5) is 29.1. The van der Waals surface area contributed by atoms with Crippen LogP contribution in [0, 0.1) is 13.8 Å². The highest BCUT2D eigenvalue weighted by Crippen LogP contribution is 2.23. The van der Waals surface area contributed by atoms with Gasteiger partial charge in [-0.3, -0.25) is 9.59 Å². The summed E-state index contributed by atoms with van der Waals surface area (Å²) in [5.41, 5.74) is 3.87. The van der Waals surface area contributed by atoms with Crippen molar-refractivity contribution in [1.29, 1.82) is 0 Å². The van der Waals surface area contributed by atoms with Gasteiger partial charge in [-0.2, -0.15) is 0 Å².